The van der Waals surface area contributed by atoms with Crippen molar-refractivity contribution in [2.75, 3.05) is 13.2 Å². The van der Waals surface area contributed by atoms with Crippen LogP contribution in [0.15, 0.2) is 29.3 Å². The number of nitrogens with one attached hydrogen (secondary N) is 2. The maximum Gasteiger partial charge on any atom is 0.191 e. The summed E-state index contributed by atoms with van der Waals surface area (Å²) in [6.07, 6.45) is 0. The number of nitrogens with zero attached hydrogens (tertiary/aromatic N) is 1. The van der Waals surface area contributed by atoms with E-state index in [2.05, 4.69) is 42.5 Å². The predicted molar refractivity (Wildman–Crippen MR) is 96.1 cm³/mol. The van der Waals surface area contributed by atoms with Gasteiger partial charge in [0.25, 0.3) is 0 Å². The van der Waals surface area contributed by atoms with E-state index in [4.69, 9.17) is 4.74 Å². The lowest BCUT2D eigenvalue weighted by molar-refractivity contribution is 0.340. The van der Waals surface area contributed by atoms with Gasteiger partial charge in [0.1, 0.15) is 5.75 Å². The Bertz CT molecular complexity index is 408. The fourth-order valence-electron chi connectivity index (χ4n) is 1.66. The molecule has 0 amide bonds. The molecule has 1 rings (SSSR count). The molecule has 1 aromatic rings. The number of aliphatic imine (C=N–C) groups is 1. The van der Waals surface area contributed by atoms with Gasteiger partial charge in [-0.05, 0) is 45.4 Å². The fourth-order valence-corrected chi connectivity index (χ4v) is 1.66. The minimum absolute atomic E-state index is 0. The first-order valence-electron chi connectivity index (χ1n) is 6.92. The van der Waals surface area contributed by atoms with E-state index in [0.717, 1.165) is 23.8 Å². The van der Waals surface area contributed by atoms with E-state index >= 15 is 0 Å². The van der Waals surface area contributed by atoms with Crippen molar-refractivity contribution in [3.05, 3.63) is 29.8 Å². The third-order valence-electron chi connectivity index (χ3n) is 2.40. The first kappa shape index (κ1) is 19.0. The van der Waals surface area contributed by atoms with Crippen LogP contribution in [0.1, 0.15) is 33.3 Å². The number of ether oxygens (including phenoxy) is 1. The van der Waals surface area contributed by atoms with Crippen LogP contribution in [0.5, 0.6) is 5.75 Å². The Hall–Kier alpha value is -0.980. The molecule has 0 spiro atoms. The van der Waals surface area contributed by atoms with Crippen LogP contribution >= 0.6 is 24.0 Å². The zero-order valence-electron chi connectivity index (χ0n) is 12.8. The Morgan fingerprint density at radius 2 is 2.05 bits per heavy atom. The Morgan fingerprint density at radius 1 is 1.30 bits per heavy atom. The van der Waals surface area contributed by atoms with Crippen LogP contribution in [0, 0.1) is 0 Å². The van der Waals surface area contributed by atoms with Crippen LogP contribution < -0.4 is 15.4 Å². The second-order valence-electron chi connectivity index (χ2n) is 4.57. The fraction of sp³-hybridized carbons (Fsp3) is 0.533. The van der Waals surface area contributed by atoms with Gasteiger partial charge in [-0.15, -0.1) is 24.0 Å². The number of benzene rings is 1. The summed E-state index contributed by atoms with van der Waals surface area (Å²) in [4.78, 5) is 4.56. The molecule has 20 heavy (non-hydrogen) atoms. The summed E-state index contributed by atoms with van der Waals surface area (Å²) < 4.78 is 5.49. The van der Waals surface area contributed by atoms with Crippen LogP contribution in [-0.2, 0) is 6.54 Å². The SMILES string of the molecule is CCNC(=NCc1cccc(OCC)c1)NC(C)C.I. The number of rotatable bonds is 6. The highest BCUT2D eigenvalue weighted by Gasteiger charge is 2.00. The van der Waals surface area contributed by atoms with Crippen molar-refractivity contribution in [1.29, 1.82) is 0 Å². The quantitative estimate of drug-likeness (QED) is 0.445. The Labute approximate surface area is 139 Å². The molecule has 0 unspecified atom stereocenters. The predicted octanol–water partition coefficient (Wildman–Crippen LogP) is 3.17. The van der Waals surface area contributed by atoms with Crippen molar-refractivity contribution in [2.24, 2.45) is 4.99 Å². The molecule has 0 atom stereocenters. The molecule has 0 saturated carbocycles. The van der Waals surface area contributed by atoms with Crippen LogP contribution in [0.25, 0.3) is 0 Å². The third kappa shape index (κ3) is 7.57. The number of hydrogen-bond donors (Lipinski definition) is 2. The van der Waals surface area contributed by atoms with Gasteiger partial charge in [0, 0.05) is 12.6 Å². The average Bonchev–Trinajstić information content (AvgIpc) is 2.36. The average molecular weight is 391 g/mol. The van der Waals surface area contributed by atoms with E-state index in [1.165, 1.54) is 0 Å². The largest absolute Gasteiger partial charge is 0.494 e. The first-order valence-corrected chi connectivity index (χ1v) is 6.92. The molecule has 0 aliphatic carbocycles. The van der Waals surface area contributed by atoms with E-state index < -0.39 is 0 Å². The third-order valence-corrected chi connectivity index (χ3v) is 2.40. The highest BCUT2D eigenvalue weighted by Crippen LogP contribution is 2.13. The van der Waals surface area contributed by atoms with Crippen molar-refractivity contribution in [3.8, 4) is 5.75 Å². The van der Waals surface area contributed by atoms with E-state index in [1.54, 1.807) is 0 Å². The van der Waals surface area contributed by atoms with Crippen LogP contribution in [0.4, 0.5) is 0 Å². The lowest BCUT2D eigenvalue weighted by atomic mass is 10.2. The van der Waals surface area contributed by atoms with Gasteiger partial charge in [-0.3, -0.25) is 0 Å². The Kier molecular flexibility index (Phi) is 10.2. The summed E-state index contributed by atoms with van der Waals surface area (Å²) in [6, 6.07) is 8.43. The molecular formula is C15H26IN3O. The molecule has 114 valence electrons. The molecule has 0 aliphatic heterocycles. The first-order chi connectivity index (χ1) is 9.15. The van der Waals surface area contributed by atoms with Crippen molar-refractivity contribution in [1.82, 2.24) is 10.6 Å². The second kappa shape index (κ2) is 10.8. The molecule has 0 bridgehead atoms. The lowest BCUT2D eigenvalue weighted by Gasteiger charge is -2.14. The molecular weight excluding hydrogens is 365 g/mol. The van der Waals surface area contributed by atoms with E-state index in [-0.39, 0.29) is 24.0 Å². The van der Waals surface area contributed by atoms with Crippen LogP contribution in [0.2, 0.25) is 0 Å². The molecule has 5 heteroatoms. The maximum absolute atomic E-state index is 5.49. The number of guanidine groups is 1. The minimum atomic E-state index is 0. The maximum atomic E-state index is 5.49. The van der Waals surface area contributed by atoms with Crippen LogP contribution in [0.3, 0.4) is 0 Å². The van der Waals surface area contributed by atoms with Crippen molar-refractivity contribution in [2.45, 2.75) is 40.3 Å². The van der Waals surface area contributed by atoms with Gasteiger partial charge in [0.2, 0.25) is 0 Å². The van der Waals surface area contributed by atoms with Crippen molar-refractivity contribution < 1.29 is 4.74 Å². The summed E-state index contributed by atoms with van der Waals surface area (Å²) in [5.74, 6) is 1.75. The molecule has 2 N–H and O–H groups in total. The van der Waals surface area contributed by atoms with E-state index in [9.17, 15) is 0 Å². The summed E-state index contributed by atoms with van der Waals surface area (Å²) >= 11 is 0. The molecule has 0 aliphatic rings. The van der Waals surface area contributed by atoms with Gasteiger partial charge in [-0.2, -0.15) is 0 Å². The second-order valence-corrected chi connectivity index (χ2v) is 4.57. The normalized spacial score (nSPS) is 10.9. The topological polar surface area (TPSA) is 45.7 Å². The van der Waals surface area contributed by atoms with Gasteiger partial charge < -0.3 is 15.4 Å². The summed E-state index contributed by atoms with van der Waals surface area (Å²) in [5, 5.41) is 6.53. The molecule has 0 fully saturated rings. The summed E-state index contributed by atoms with van der Waals surface area (Å²) in [6.45, 7) is 10.4. The molecule has 0 saturated heterocycles. The van der Waals surface area contributed by atoms with Gasteiger partial charge in [-0.25, -0.2) is 4.99 Å². The zero-order valence-corrected chi connectivity index (χ0v) is 15.1. The van der Waals surface area contributed by atoms with Crippen LogP contribution in [-0.4, -0.2) is 25.2 Å². The molecule has 0 aromatic heterocycles. The lowest BCUT2D eigenvalue weighted by Crippen LogP contribution is -2.40. The van der Waals surface area contributed by atoms with Crippen molar-refractivity contribution >= 4 is 29.9 Å². The molecule has 0 radical (unpaired) electrons. The van der Waals surface area contributed by atoms with Gasteiger partial charge >= 0.3 is 0 Å². The highest BCUT2D eigenvalue weighted by atomic mass is 127. The Balaban J connectivity index is 0.00000361. The zero-order chi connectivity index (χ0) is 14.1. The summed E-state index contributed by atoms with van der Waals surface area (Å²) in [7, 11) is 0. The number of halogens is 1. The van der Waals surface area contributed by atoms with Gasteiger partial charge in [-0.1, -0.05) is 12.1 Å². The molecule has 0 heterocycles. The van der Waals surface area contributed by atoms with Crippen molar-refractivity contribution in [3.63, 3.8) is 0 Å². The standard InChI is InChI=1S/C15H25N3O.HI/c1-5-16-15(18-12(3)4)17-11-13-8-7-9-14(10-13)19-6-2;/h7-10,12H,5-6,11H2,1-4H3,(H2,16,17,18);1H. The molecule has 1 aromatic carbocycles. The molecule has 4 nitrogen and oxygen atoms in total. The number of hydrogen-bond acceptors (Lipinski definition) is 2. The van der Waals surface area contributed by atoms with Gasteiger partial charge in [0.15, 0.2) is 5.96 Å². The highest BCUT2D eigenvalue weighted by molar-refractivity contribution is 14.0. The van der Waals surface area contributed by atoms with E-state index in [0.29, 0.717) is 19.2 Å². The summed E-state index contributed by atoms with van der Waals surface area (Å²) in [5.41, 5.74) is 1.15. The Morgan fingerprint density at radius 3 is 2.65 bits per heavy atom. The van der Waals surface area contributed by atoms with Gasteiger partial charge in [0.05, 0.1) is 13.2 Å². The minimum Gasteiger partial charge on any atom is -0.494 e. The monoisotopic (exact) mass is 391 g/mol. The van der Waals surface area contributed by atoms with E-state index in [1.807, 2.05) is 25.1 Å². The smallest absolute Gasteiger partial charge is 0.191 e.